The summed E-state index contributed by atoms with van der Waals surface area (Å²) >= 11 is 0.134. The van der Waals surface area contributed by atoms with Crippen molar-refractivity contribution in [1.82, 2.24) is 28.6 Å². The molecule has 0 saturated carbocycles. The van der Waals surface area contributed by atoms with Crippen LogP contribution in [0.3, 0.4) is 0 Å². The Bertz CT molecular complexity index is 1790. The number of alkyl halides is 3. The molecular weight excluding hydrogens is 646 g/mol. The normalized spacial score (nSPS) is 22.6. The van der Waals surface area contributed by atoms with E-state index in [2.05, 4.69) is 59.1 Å². The van der Waals surface area contributed by atoms with Crippen molar-refractivity contribution in [1.29, 1.82) is 5.26 Å². The van der Waals surface area contributed by atoms with Gasteiger partial charge in [-0.05, 0) is 61.9 Å². The molecule has 9 nitrogen and oxygen atoms in total. The molecular formula is C33H39F3N8OS2. The third-order valence-corrected chi connectivity index (χ3v) is 12.3. The summed E-state index contributed by atoms with van der Waals surface area (Å²) < 4.78 is 55.2. The summed E-state index contributed by atoms with van der Waals surface area (Å²) in [5, 5.41) is 15.3. The minimum atomic E-state index is -4.26. The number of likely N-dealkylation sites (tertiary alicyclic amines) is 1. The van der Waals surface area contributed by atoms with Crippen LogP contribution in [0.2, 0.25) is 0 Å². The minimum absolute atomic E-state index is 0.174. The second-order valence-electron chi connectivity index (χ2n) is 13.1. The van der Waals surface area contributed by atoms with Gasteiger partial charge in [-0.1, -0.05) is 6.07 Å². The fourth-order valence-electron chi connectivity index (χ4n) is 7.73. The molecule has 3 saturated heterocycles. The van der Waals surface area contributed by atoms with Crippen LogP contribution in [0.15, 0.2) is 30.6 Å². The second-order valence-corrected chi connectivity index (χ2v) is 15.6. The van der Waals surface area contributed by atoms with Gasteiger partial charge in [-0.2, -0.15) is 18.4 Å². The number of nitrogens with zero attached hydrogens (tertiary/aromatic N) is 7. The van der Waals surface area contributed by atoms with Crippen molar-refractivity contribution >= 4 is 49.6 Å². The van der Waals surface area contributed by atoms with Crippen LogP contribution in [0.1, 0.15) is 47.4 Å². The summed E-state index contributed by atoms with van der Waals surface area (Å²) in [6.45, 7) is 8.10. The first kappa shape index (κ1) is 32.6. The molecule has 0 amide bonds. The Kier molecular flexibility index (Phi) is 9.14. The van der Waals surface area contributed by atoms with Crippen molar-refractivity contribution in [3.05, 3.63) is 52.3 Å². The van der Waals surface area contributed by atoms with Crippen LogP contribution >= 0.6 is 11.3 Å². The van der Waals surface area contributed by atoms with Crippen molar-refractivity contribution in [3.8, 4) is 6.07 Å². The third kappa shape index (κ3) is 6.84. The lowest BCUT2D eigenvalue weighted by Crippen LogP contribution is -2.54. The molecule has 3 fully saturated rings. The van der Waals surface area contributed by atoms with Crippen LogP contribution in [-0.2, 0) is 30.9 Å². The Morgan fingerprint density at radius 3 is 2.64 bits per heavy atom. The van der Waals surface area contributed by atoms with Gasteiger partial charge < -0.3 is 14.4 Å². The topological polar surface area (TPSA) is 99.3 Å². The molecule has 3 aliphatic heterocycles. The second kappa shape index (κ2) is 13.2. The predicted molar refractivity (Wildman–Crippen MR) is 180 cm³/mol. The van der Waals surface area contributed by atoms with E-state index >= 15 is 0 Å². The number of rotatable bonds is 8. The molecule has 14 heteroatoms. The number of nitrogens with one attached hydrogen (secondary N) is 1. The van der Waals surface area contributed by atoms with E-state index < -0.39 is 24.0 Å². The van der Waals surface area contributed by atoms with E-state index in [-0.39, 0.29) is 10.9 Å². The Morgan fingerprint density at radius 1 is 1.09 bits per heavy atom. The quantitative estimate of drug-likeness (QED) is 0.245. The van der Waals surface area contributed by atoms with Gasteiger partial charge in [-0.15, -0.1) is 15.6 Å². The van der Waals surface area contributed by atoms with Gasteiger partial charge in [0, 0.05) is 78.0 Å². The number of aromatic nitrogens is 3. The highest BCUT2D eigenvalue weighted by Gasteiger charge is 2.40. The Morgan fingerprint density at radius 2 is 1.89 bits per heavy atom. The van der Waals surface area contributed by atoms with E-state index in [4.69, 9.17) is 0 Å². The van der Waals surface area contributed by atoms with E-state index in [9.17, 15) is 23.0 Å². The van der Waals surface area contributed by atoms with E-state index in [1.165, 1.54) is 17.5 Å². The number of thiophene rings is 1. The smallest absolute Gasteiger partial charge is 0.393 e. The number of fused-ring (bicyclic) bond motifs is 3. The molecule has 0 spiro atoms. The fraction of sp³-hybridized carbons (Fsp3) is 0.545. The lowest BCUT2D eigenvalue weighted by Gasteiger charge is -2.38. The van der Waals surface area contributed by atoms with Crippen LogP contribution < -0.4 is 5.32 Å². The SMILES string of the molecule is Cc1c(CN2CCC(Nc3ncnc4sc(CC(F)(F)F)cc34)CC2)ccc2c1cc(C#N)n2CC1CCC2CN([S+](C)[O-])CCN21. The van der Waals surface area contributed by atoms with Gasteiger partial charge in [0.25, 0.3) is 0 Å². The van der Waals surface area contributed by atoms with Crippen LogP contribution in [0.25, 0.3) is 21.1 Å². The molecule has 1 aromatic carbocycles. The van der Waals surface area contributed by atoms with Gasteiger partial charge in [0.1, 0.15) is 35.0 Å². The summed E-state index contributed by atoms with van der Waals surface area (Å²) in [7, 11) is 0. The maximum atomic E-state index is 13.0. The highest BCUT2D eigenvalue weighted by atomic mass is 32.2. The first-order valence-electron chi connectivity index (χ1n) is 16.2. The van der Waals surface area contributed by atoms with Gasteiger partial charge in [0.05, 0.1) is 24.9 Å². The van der Waals surface area contributed by atoms with Crippen LogP contribution in [0.4, 0.5) is 19.0 Å². The largest absolute Gasteiger partial charge is 0.598 e. The first-order valence-corrected chi connectivity index (χ1v) is 18.5. The summed E-state index contributed by atoms with van der Waals surface area (Å²) in [6, 6.07) is 11.4. The number of aryl methyl sites for hydroxylation is 1. The summed E-state index contributed by atoms with van der Waals surface area (Å²) in [6.07, 6.45) is 1.93. The molecule has 1 N–H and O–H groups in total. The summed E-state index contributed by atoms with van der Waals surface area (Å²) in [5.74, 6) is 0.602. The van der Waals surface area contributed by atoms with Crippen molar-refractivity contribution in [2.45, 2.75) is 76.4 Å². The van der Waals surface area contributed by atoms with Gasteiger partial charge >= 0.3 is 6.18 Å². The molecule has 6 heterocycles. The molecule has 47 heavy (non-hydrogen) atoms. The highest BCUT2D eigenvalue weighted by Crippen LogP contribution is 2.35. The lowest BCUT2D eigenvalue weighted by molar-refractivity contribution is -0.126. The van der Waals surface area contributed by atoms with Crippen LogP contribution in [-0.4, -0.2) is 96.5 Å². The number of nitriles is 1. The molecule has 3 unspecified atom stereocenters. The minimum Gasteiger partial charge on any atom is -0.598 e. The molecule has 3 aliphatic rings. The first-order chi connectivity index (χ1) is 22.6. The predicted octanol–water partition coefficient (Wildman–Crippen LogP) is 5.45. The zero-order valence-corrected chi connectivity index (χ0v) is 28.2. The Hall–Kier alpha value is -2.93. The number of anilines is 1. The van der Waals surface area contributed by atoms with Gasteiger partial charge in [-0.3, -0.25) is 9.80 Å². The molecule has 3 atom stereocenters. The van der Waals surface area contributed by atoms with Gasteiger partial charge in [0.2, 0.25) is 0 Å². The van der Waals surface area contributed by atoms with Crippen molar-refractivity contribution in [2.75, 3.05) is 44.3 Å². The van der Waals surface area contributed by atoms with E-state index in [1.54, 1.807) is 12.3 Å². The Labute approximate surface area is 279 Å². The van der Waals surface area contributed by atoms with E-state index in [1.807, 2.05) is 6.07 Å². The van der Waals surface area contributed by atoms with Crippen molar-refractivity contribution < 1.29 is 17.7 Å². The molecule has 0 aliphatic carbocycles. The molecule has 0 bridgehead atoms. The van der Waals surface area contributed by atoms with Crippen molar-refractivity contribution in [3.63, 3.8) is 0 Å². The number of halogens is 3. The maximum Gasteiger partial charge on any atom is 0.393 e. The van der Waals surface area contributed by atoms with Gasteiger partial charge in [-0.25, -0.2) is 9.97 Å². The number of hydrogen-bond acceptors (Lipinski definition) is 9. The zero-order chi connectivity index (χ0) is 32.9. The van der Waals surface area contributed by atoms with E-state index in [0.717, 1.165) is 93.7 Å². The van der Waals surface area contributed by atoms with Crippen LogP contribution in [0.5, 0.6) is 0 Å². The lowest BCUT2D eigenvalue weighted by atomic mass is 10.0. The third-order valence-electron chi connectivity index (χ3n) is 10.2. The molecule has 7 rings (SSSR count). The van der Waals surface area contributed by atoms with Crippen LogP contribution in [0, 0.1) is 18.3 Å². The number of piperazine rings is 1. The number of hydrogen-bond donors (Lipinski definition) is 1. The maximum absolute atomic E-state index is 13.0. The monoisotopic (exact) mass is 684 g/mol. The van der Waals surface area contributed by atoms with E-state index in [0.29, 0.717) is 33.8 Å². The highest BCUT2D eigenvalue weighted by molar-refractivity contribution is 7.88. The average molecular weight is 685 g/mol. The van der Waals surface area contributed by atoms with Gasteiger partial charge in [0.15, 0.2) is 0 Å². The number of benzene rings is 1. The molecule has 250 valence electrons. The summed E-state index contributed by atoms with van der Waals surface area (Å²) in [5.41, 5.74) is 4.25. The molecule has 0 radical (unpaired) electrons. The molecule has 3 aromatic heterocycles. The standard InChI is InChI=1S/C33H39F3N8OS2/c1-21-22(17-41-9-7-23(8-10-41)40-31-29-14-27(15-33(34,35)36)46-32(29)39-20-38-31)3-6-30-28(21)13-26(16-37)44(30)19-25-5-4-24-18-42(47(2)45)11-12-43(24)25/h3,6,13-14,20,23-25H,4-5,7-12,15,17-19H2,1-2H3,(H,38,39,40). The molecule has 4 aromatic rings. The average Bonchev–Trinajstić information content (AvgIpc) is 3.74. The fourth-order valence-corrected chi connectivity index (χ4v) is 9.47. The summed E-state index contributed by atoms with van der Waals surface area (Å²) in [4.78, 5) is 14.4. The Balaban J connectivity index is 0.994. The van der Waals surface area contributed by atoms with Crippen molar-refractivity contribution in [2.24, 2.45) is 0 Å². The zero-order valence-electron chi connectivity index (χ0n) is 26.6. The number of piperidine rings is 1.